The summed E-state index contributed by atoms with van der Waals surface area (Å²) < 4.78 is 44.9. The van der Waals surface area contributed by atoms with Crippen molar-refractivity contribution in [1.82, 2.24) is 29.7 Å². The third-order valence-electron chi connectivity index (χ3n) is 3.19. The number of aromatic nitrogens is 6. The van der Waals surface area contributed by atoms with Gasteiger partial charge in [0, 0.05) is 24.9 Å². The van der Waals surface area contributed by atoms with E-state index in [1.54, 1.807) is 0 Å². The summed E-state index contributed by atoms with van der Waals surface area (Å²) in [6, 6.07) is 0.884. The molecular formula is C13H14F3N7O. The van der Waals surface area contributed by atoms with Gasteiger partial charge in [-0.05, 0) is 0 Å². The molecule has 11 heteroatoms. The number of halogens is 3. The summed E-state index contributed by atoms with van der Waals surface area (Å²) >= 11 is 0. The van der Waals surface area contributed by atoms with Gasteiger partial charge < -0.3 is 9.84 Å². The minimum Gasteiger partial charge on any atom is -0.369 e. The largest absolute Gasteiger partial charge is 0.433 e. The average Bonchev–Trinajstić information content (AvgIpc) is 3.14. The van der Waals surface area contributed by atoms with Crippen molar-refractivity contribution < 1.29 is 17.7 Å². The molecule has 24 heavy (non-hydrogen) atoms. The van der Waals surface area contributed by atoms with E-state index in [4.69, 9.17) is 4.52 Å². The molecule has 0 aliphatic carbocycles. The zero-order valence-electron chi connectivity index (χ0n) is 12.9. The van der Waals surface area contributed by atoms with Gasteiger partial charge in [-0.25, -0.2) is 4.98 Å². The predicted octanol–water partition coefficient (Wildman–Crippen LogP) is 2.30. The highest BCUT2D eigenvalue weighted by Gasteiger charge is 2.34. The molecule has 0 bridgehead atoms. The van der Waals surface area contributed by atoms with Crippen LogP contribution in [0.4, 0.5) is 19.0 Å². The van der Waals surface area contributed by atoms with Crippen molar-refractivity contribution in [3.8, 4) is 0 Å². The molecule has 0 saturated heterocycles. The summed E-state index contributed by atoms with van der Waals surface area (Å²) in [6.07, 6.45) is -3.07. The first kappa shape index (κ1) is 16.1. The molecular weight excluding hydrogens is 327 g/mol. The molecule has 0 amide bonds. The molecule has 0 saturated carbocycles. The summed E-state index contributed by atoms with van der Waals surface area (Å²) in [6.45, 7) is 4.16. The summed E-state index contributed by atoms with van der Waals surface area (Å²) in [4.78, 5) is 11.3. The monoisotopic (exact) mass is 341 g/mol. The number of anilines is 1. The number of rotatable bonds is 5. The molecule has 0 atom stereocenters. The van der Waals surface area contributed by atoms with Crippen molar-refractivity contribution in [3.05, 3.63) is 29.8 Å². The van der Waals surface area contributed by atoms with Gasteiger partial charge in [0.2, 0.25) is 5.89 Å². The topological polar surface area (TPSA) is 94.0 Å². The molecule has 0 aromatic carbocycles. The maximum atomic E-state index is 12.9. The van der Waals surface area contributed by atoms with E-state index in [1.807, 2.05) is 13.8 Å². The van der Waals surface area contributed by atoms with Crippen LogP contribution in [-0.4, -0.2) is 36.3 Å². The minimum absolute atomic E-state index is 0.132. The lowest BCUT2D eigenvalue weighted by Crippen LogP contribution is -2.14. The number of hydrogen-bond donors (Lipinski definition) is 1. The van der Waals surface area contributed by atoms with Crippen LogP contribution in [0.5, 0.6) is 0 Å². The Balaban J connectivity index is 1.75. The van der Waals surface area contributed by atoms with Gasteiger partial charge >= 0.3 is 6.18 Å². The van der Waals surface area contributed by atoms with Gasteiger partial charge in [0.1, 0.15) is 12.1 Å². The van der Waals surface area contributed by atoms with Crippen LogP contribution in [0.25, 0.3) is 5.78 Å². The maximum absolute atomic E-state index is 12.9. The van der Waals surface area contributed by atoms with Crippen molar-refractivity contribution in [1.29, 1.82) is 0 Å². The molecule has 128 valence electrons. The van der Waals surface area contributed by atoms with Crippen molar-refractivity contribution in [2.75, 3.05) is 11.9 Å². The Hall–Kier alpha value is -2.72. The van der Waals surface area contributed by atoms with Crippen LogP contribution < -0.4 is 5.32 Å². The first-order chi connectivity index (χ1) is 11.3. The molecule has 3 heterocycles. The second-order valence-electron chi connectivity index (χ2n) is 5.37. The predicted molar refractivity (Wildman–Crippen MR) is 76.4 cm³/mol. The normalized spacial score (nSPS) is 12.2. The van der Waals surface area contributed by atoms with Crippen molar-refractivity contribution in [3.63, 3.8) is 0 Å². The van der Waals surface area contributed by atoms with Crippen LogP contribution in [0.3, 0.4) is 0 Å². The van der Waals surface area contributed by atoms with Gasteiger partial charge in [-0.3, -0.25) is 0 Å². The fourth-order valence-corrected chi connectivity index (χ4v) is 1.98. The van der Waals surface area contributed by atoms with Crippen LogP contribution in [0, 0.1) is 0 Å². The highest BCUT2D eigenvalue weighted by atomic mass is 19.4. The van der Waals surface area contributed by atoms with E-state index in [1.165, 1.54) is 4.52 Å². The molecule has 3 rings (SSSR count). The number of alkyl halides is 3. The van der Waals surface area contributed by atoms with Crippen molar-refractivity contribution in [2.45, 2.75) is 32.4 Å². The fourth-order valence-electron chi connectivity index (χ4n) is 1.98. The van der Waals surface area contributed by atoms with E-state index in [-0.39, 0.29) is 24.1 Å². The molecule has 0 aliphatic rings. The van der Waals surface area contributed by atoms with Crippen LogP contribution in [0.15, 0.2) is 16.9 Å². The molecule has 0 spiro atoms. The zero-order chi connectivity index (χ0) is 17.3. The average molecular weight is 341 g/mol. The van der Waals surface area contributed by atoms with Gasteiger partial charge in [0.05, 0.1) is 0 Å². The molecule has 3 aromatic heterocycles. The molecule has 8 nitrogen and oxygen atoms in total. The summed E-state index contributed by atoms with van der Waals surface area (Å²) in [5.41, 5.74) is -1.04. The third kappa shape index (κ3) is 3.29. The SMILES string of the molecule is CC(C)c1noc(CCNc2cc(C(F)(F)F)nc3ncnn23)n1. The summed E-state index contributed by atoms with van der Waals surface area (Å²) in [5.74, 6) is 1.14. The first-order valence-corrected chi connectivity index (χ1v) is 7.19. The minimum atomic E-state index is -4.57. The van der Waals surface area contributed by atoms with E-state index in [0.717, 1.165) is 12.4 Å². The molecule has 0 fully saturated rings. The van der Waals surface area contributed by atoms with Gasteiger partial charge in [0.15, 0.2) is 11.5 Å². The van der Waals surface area contributed by atoms with Gasteiger partial charge in [-0.2, -0.15) is 32.8 Å². The van der Waals surface area contributed by atoms with Gasteiger partial charge in [-0.15, -0.1) is 0 Å². The second kappa shape index (κ2) is 6.06. The molecule has 0 radical (unpaired) electrons. The van der Waals surface area contributed by atoms with Crippen LogP contribution in [0.2, 0.25) is 0 Å². The van der Waals surface area contributed by atoms with Crippen LogP contribution >= 0.6 is 0 Å². The van der Waals surface area contributed by atoms with Crippen LogP contribution in [-0.2, 0) is 12.6 Å². The Morgan fingerprint density at radius 2 is 2.08 bits per heavy atom. The fraction of sp³-hybridized carbons (Fsp3) is 0.462. The Morgan fingerprint density at radius 1 is 1.29 bits per heavy atom. The molecule has 3 aromatic rings. The lowest BCUT2D eigenvalue weighted by molar-refractivity contribution is -0.141. The molecule has 0 unspecified atom stereocenters. The number of hydrogen-bond acceptors (Lipinski definition) is 7. The maximum Gasteiger partial charge on any atom is 0.433 e. The van der Waals surface area contributed by atoms with E-state index in [0.29, 0.717) is 18.1 Å². The highest BCUT2D eigenvalue weighted by Crippen LogP contribution is 2.29. The number of fused-ring (bicyclic) bond motifs is 1. The van der Waals surface area contributed by atoms with Gasteiger partial charge in [0.25, 0.3) is 5.78 Å². The van der Waals surface area contributed by atoms with Crippen molar-refractivity contribution in [2.24, 2.45) is 0 Å². The third-order valence-corrected chi connectivity index (χ3v) is 3.19. The standard InChI is InChI=1S/C13H14F3N7O/c1-7(2)11-21-10(24-22-11)3-4-17-9-5-8(13(14,15)16)20-12-18-6-19-23(9)12/h5-7,17H,3-4H2,1-2H3. The second-order valence-corrected chi connectivity index (χ2v) is 5.37. The zero-order valence-corrected chi connectivity index (χ0v) is 12.9. The molecule has 0 aliphatic heterocycles. The number of nitrogens with zero attached hydrogens (tertiary/aromatic N) is 6. The van der Waals surface area contributed by atoms with Crippen molar-refractivity contribution >= 4 is 11.6 Å². The molecule has 1 N–H and O–H groups in total. The first-order valence-electron chi connectivity index (χ1n) is 7.19. The van der Waals surface area contributed by atoms with E-state index in [2.05, 4.69) is 30.5 Å². The smallest absolute Gasteiger partial charge is 0.369 e. The quantitative estimate of drug-likeness (QED) is 0.761. The number of nitrogens with one attached hydrogen (secondary N) is 1. The van der Waals surface area contributed by atoms with E-state index >= 15 is 0 Å². The highest BCUT2D eigenvalue weighted by molar-refractivity contribution is 5.45. The Kier molecular flexibility index (Phi) is 4.08. The Labute approximate surface area is 134 Å². The summed E-state index contributed by atoms with van der Waals surface area (Å²) in [7, 11) is 0. The lowest BCUT2D eigenvalue weighted by atomic mass is 10.2. The Morgan fingerprint density at radius 3 is 2.75 bits per heavy atom. The van der Waals surface area contributed by atoms with E-state index in [9.17, 15) is 13.2 Å². The Bertz CT molecular complexity index is 840. The van der Waals surface area contributed by atoms with Crippen LogP contribution in [0.1, 0.15) is 37.2 Å². The van der Waals surface area contributed by atoms with Gasteiger partial charge in [-0.1, -0.05) is 19.0 Å². The lowest BCUT2D eigenvalue weighted by Gasteiger charge is -2.10. The summed E-state index contributed by atoms with van der Waals surface area (Å²) in [5, 5.41) is 10.6. The van der Waals surface area contributed by atoms with E-state index < -0.39 is 11.9 Å².